The number of carbonyl (C=O) groups is 1. The second-order valence-electron chi connectivity index (χ2n) is 6.71. The van der Waals surface area contributed by atoms with Crippen molar-refractivity contribution in [3.05, 3.63) is 86.2 Å². The Morgan fingerprint density at radius 2 is 2.00 bits per heavy atom. The summed E-state index contributed by atoms with van der Waals surface area (Å²) in [7, 11) is 0. The monoisotopic (exact) mass is 411 g/mol. The van der Waals surface area contributed by atoms with Gasteiger partial charge in [0.25, 0.3) is 5.56 Å². The fourth-order valence-electron chi connectivity index (χ4n) is 3.35. The summed E-state index contributed by atoms with van der Waals surface area (Å²) in [6, 6.07) is 15.3. The number of H-pyrrole nitrogens is 1. The van der Waals surface area contributed by atoms with E-state index >= 15 is 0 Å². The Labute approximate surface area is 171 Å². The molecule has 1 aliphatic heterocycles. The Hall–Kier alpha value is -2.57. The number of anilines is 1. The average Bonchev–Trinajstić information content (AvgIpc) is 2.66. The number of hydrogen-bond donors (Lipinski definition) is 2. The van der Waals surface area contributed by atoms with E-state index in [0.29, 0.717) is 27.3 Å². The van der Waals surface area contributed by atoms with Crippen molar-refractivity contribution in [3.8, 4) is 0 Å². The lowest BCUT2D eigenvalue weighted by atomic mass is 9.87. The molecule has 0 spiro atoms. The van der Waals surface area contributed by atoms with Gasteiger partial charge in [-0.25, -0.2) is 4.98 Å². The lowest BCUT2D eigenvalue weighted by molar-refractivity contribution is -0.116. The van der Waals surface area contributed by atoms with Crippen LogP contribution in [-0.4, -0.2) is 15.9 Å². The summed E-state index contributed by atoms with van der Waals surface area (Å²) in [6.07, 6.45) is 0.188. The van der Waals surface area contributed by atoms with Crippen LogP contribution in [0.4, 0.5) is 5.82 Å². The largest absolute Gasteiger partial charge is 0.310 e. The molecular formula is C21H18ClN3O2S. The molecule has 2 N–H and O–H groups in total. The van der Waals surface area contributed by atoms with Crippen molar-refractivity contribution >= 4 is 35.1 Å². The third kappa shape index (κ3) is 3.84. The van der Waals surface area contributed by atoms with E-state index in [-0.39, 0.29) is 23.8 Å². The van der Waals surface area contributed by atoms with E-state index in [9.17, 15) is 9.59 Å². The van der Waals surface area contributed by atoms with Crippen LogP contribution in [0.3, 0.4) is 0 Å². The summed E-state index contributed by atoms with van der Waals surface area (Å²) in [6.45, 7) is 2.05. The number of aromatic amines is 1. The molecule has 4 rings (SSSR count). The van der Waals surface area contributed by atoms with Crippen LogP contribution in [0.5, 0.6) is 0 Å². The van der Waals surface area contributed by atoms with Crippen molar-refractivity contribution in [2.45, 2.75) is 30.2 Å². The number of nitrogens with zero attached hydrogens (tertiary/aromatic N) is 1. The Morgan fingerprint density at radius 1 is 1.18 bits per heavy atom. The van der Waals surface area contributed by atoms with Gasteiger partial charge >= 0.3 is 0 Å². The number of fused-ring (bicyclic) bond motifs is 1. The van der Waals surface area contributed by atoms with E-state index in [2.05, 4.69) is 34.3 Å². The molecule has 1 unspecified atom stereocenters. The molecular weight excluding hydrogens is 394 g/mol. The number of thioether (sulfide) groups is 1. The van der Waals surface area contributed by atoms with Gasteiger partial charge in [0.15, 0.2) is 5.16 Å². The van der Waals surface area contributed by atoms with Crippen LogP contribution in [0.2, 0.25) is 5.02 Å². The molecule has 2 aromatic carbocycles. The predicted octanol–water partition coefficient (Wildman–Crippen LogP) is 4.50. The van der Waals surface area contributed by atoms with Gasteiger partial charge in [0, 0.05) is 23.1 Å². The third-order valence-corrected chi connectivity index (χ3v) is 5.96. The Kier molecular flexibility index (Phi) is 5.24. The normalized spacial score (nSPS) is 15.8. The fraction of sp³-hybridized carbons (Fsp3) is 0.190. The quantitative estimate of drug-likeness (QED) is 0.489. The van der Waals surface area contributed by atoms with Gasteiger partial charge in [-0.15, -0.1) is 0 Å². The zero-order valence-corrected chi connectivity index (χ0v) is 16.7. The lowest BCUT2D eigenvalue weighted by Crippen LogP contribution is -2.31. The van der Waals surface area contributed by atoms with Crippen molar-refractivity contribution in [1.82, 2.24) is 9.97 Å². The molecule has 2 heterocycles. The topological polar surface area (TPSA) is 74.8 Å². The summed E-state index contributed by atoms with van der Waals surface area (Å²) in [5, 5.41) is 3.80. The van der Waals surface area contributed by atoms with Gasteiger partial charge in [0.1, 0.15) is 5.82 Å². The molecule has 7 heteroatoms. The summed E-state index contributed by atoms with van der Waals surface area (Å²) >= 11 is 7.54. The smallest absolute Gasteiger partial charge is 0.257 e. The number of carbonyl (C=O) groups excluding carboxylic acids is 1. The number of aryl methyl sites for hydroxylation is 1. The fourth-order valence-corrected chi connectivity index (χ4v) is 4.48. The number of benzene rings is 2. The van der Waals surface area contributed by atoms with Crippen LogP contribution in [0, 0.1) is 6.92 Å². The van der Waals surface area contributed by atoms with Gasteiger partial charge in [-0.3, -0.25) is 9.59 Å². The van der Waals surface area contributed by atoms with E-state index < -0.39 is 0 Å². The summed E-state index contributed by atoms with van der Waals surface area (Å²) < 4.78 is 0. The maximum atomic E-state index is 12.8. The molecule has 0 radical (unpaired) electrons. The summed E-state index contributed by atoms with van der Waals surface area (Å²) in [5.41, 5.74) is 3.43. The Balaban J connectivity index is 1.67. The zero-order valence-electron chi connectivity index (χ0n) is 15.2. The van der Waals surface area contributed by atoms with Crippen LogP contribution >= 0.6 is 23.4 Å². The van der Waals surface area contributed by atoms with Crippen LogP contribution < -0.4 is 10.9 Å². The highest BCUT2D eigenvalue weighted by Crippen LogP contribution is 2.35. The second-order valence-corrected chi connectivity index (χ2v) is 8.11. The molecule has 0 saturated heterocycles. The van der Waals surface area contributed by atoms with Crippen molar-refractivity contribution < 1.29 is 4.79 Å². The highest BCUT2D eigenvalue weighted by molar-refractivity contribution is 7.98. The first kappa shape index (κ1) is 18.8. The highest BCUT2D eigenvalue weighted by Gasteiger charge is 2.31. The van der Waals surface area contributed by atoms with E-state index in [1.807, 2.05) is 24.3 Å². The number of amides is 1. The van der Waals surface area contributed by atoms with Gasteiger partial charge in [0.05, 0.1) is 5.56 Å². The first-order valence-electron chi connectivity index (χ1n) is 8.88. The van der Waals surface area contributed by atoms with Crippen molar-refractivity contribution in [2.75, 3.05) is 5.32 Å². The van der Waals surface area contributed by atoms with Crippen molar-refractivity contribution in [2.24, 2.45) is 0 Å². The van der Waals surface area contributed by atoms with Crippen LogP contribution in [0.1, 0.15) is 34.6 Å². The molecule has 0 bridgehead atoms. The molecule has 0 saturated carbocycles. The van der Waals surface area contributed by atoms with E-state index in [1.54, 1.807) is 12.1 Å². The molecule has 1 atom stereocenters. The summed E-state index contributed by atoms with van der Waals surface area (Å²) in [5.74, 6) is 0.483. The van der Waals surface area contributed by atoms with E-state index in [4.69, 9.17) is 11.6 Å². The first-order valence-corrected chi connectivity index (χ1v) is 10.2. The number of nitrogens with one attached hydrogen (secondary N) is 2. The van der Waals surface area contributed by atoms with Crippen molar-refractivity contribution in [3.63, 3.8) is 0 Å². The third-order valence-electron chi connectivity index (χ3n) is 4.81. The van der Waals surface area contributed by atoms with Gasteiger partial charge in [0.2, 0.25) is 5.91 Å². The first-order chi connectivity index (χ1) is 13.5. The van der Waals surface area contributed by atoms with Crippen LogP contribution in [0.25, 0.3) is 0 Å². The van der Waals surface area contributed by atoms with Gasteiger partial charge in [-0.2, -0.15) is 0 Å². The average molecular weight is 412 g/mol. The van der Waals surface area contributed by atoms with E-state index in [0.717, 1.165) is 5.56 Å². The summed E-state index contributed by atoms with van der Waals surface area (Å²) in [4.78, 5) is 32.5. The maximum absolute atomic E-state index is 12.8. The molecule has 1 aromatic heterocycles. The second kappa shape index (κ2) is 7.81. The molecule has 28 heavy (non-hydrogen) atoms. The van der Waals surface area contributed by atoms with Gasteiger partial charge < -0.3 is 10.3 Å². The molecule has 3 aromatic rings. The molecule has 1 amide bonds. The molecule has 5 nitrogen and oxygen atoms in total. The number of halogens is 1. The standard InChI is InChI=1S/C21H18ClN3O2S/c1-12-5-2-3-6-14(12)11-28-21-24-19-18(20(27)25-21)16(10-17(26)23-19)13-7-4-8-15(22)9-13/h2-9,16H,10-11H2,1H3,(H2,23,24,25,26,27). The SMILES string of the molecule is Cc1ccccc1CSc1nc2c(c(=O)[nH]1)C(c1cccc(Cl)c1)CC(=O)N2. The number of hydrogen-bond acceptors (Lipinski definition) is 4. The minimum absolute atomic E-state index is 0.162. The number of aromatic nitrogens is 2. The van der Waals surface area contributed by atoms with Gasteiger partial charge in [-0.1, -0.05) is 59.8 Å². The molecule has 0 fully saturated rings. The van der Waals surface area contributed by atoms with E-state index in [1.165, 1.54) is 22.9 Å². The van der Waals surface area contributed by atoms with Crippen LogP contribution in [-0.2, 0) is 10.5 Å². The molecule has 142 valence electrons. The van der Waals surface area contributed by atoms with Crippen LogP contribution in [0.15, 0.2) is 58.5 Å². The number of rotatable bonds is 4. The highest BCUT2D eigenvalue weighted by atomic mass is 35.5. The Bertz CT molecular complexity index is 1110. The van der Waals surface area contributed by atoms with Gasteiger partial charge in [-0.05, 0) is 35.7 Å². The Morgan fingerprint density at radius 3 is 2.79 bits per heavy atom. The van der Waals surface area contributed by atoms with Crippen molar-refractivity contribution in [1.29, 1.82) is 0 Å². The molecule has 1 aliphatic rings. The predicted molar refractivity (Wildman–Crippen MR) is 112 cm³/mol. The minimum atomic E-state index is -0.367. The lowest BCUT2D eigenvalue weighted by Gasteiger charge is -2.24. The minimum Gasteiger partial charge on any atom is -0.310 e. The zero-order chi connectivity index (χ0) is 19.7. The maximum Gasteiger partial charge on any atom is 0.257 e. The molecule has 0 aliphatic carbocycles.